The Bertz CT molecular complexity index is 1050. The second kappa shape index (κ2) is 6.75. The summed E-state index contributed by atoms with van der Waals surface area (Å²) in [5.74, 6) is 0.776. The van der Waals surface area contributed by atoms with Crippen molar-refractivity contribution in [3.63, 3.8) is 0 Å². The van der Waals surface area contributed by atoms with Crippen molar-refractivity contribution in [3.05, 3.63) is 65.6 Å². The molecule has 0 saturated heterocycles. The largest absolute Gasteiger partial charge is 0.497 e. The lowest BCUT2D eigenvalue weighted by molar-refractivity contribution is 0.314. The molecule has 26 heavy (non-hydrogen) atoms. The Kier molecular flexibility index (Phi) is 4.14. The first-order valence-electron chi connectivity index (χ1n) is 7.86. The topological polar surface area (TPSA) is 86.0 Å². The predicted octanol–water partition coefficient (Wildman–Crippen LogP) is 3.49. The van der Waals surface area contributed by atoms with E-state index in [-0.39, 0.29) is 11.5 Å². The fourth-order valence-electron chi connectivity index (χ4n) is 2.52. The molecule has 0 unspecified atom stereocenters. The molecule has 0 aliphatic heterocycles. The smallest absolute Gasteiger partial charge is 0.245 e. The monoisotopic (exact) mass is 351 g/mol. The van der Waals surface area contributed by atoms with Crippen LogP contribution in [0.4, 0.5) is 15.9 Å². The lowest BCUT2D eigenvalue weighted by Crippen LogP contribution is -2.05. The third-order valence-electron chi connectivity index (χ3n) is 3.84. The van der Waals surface area contributed by atoms with Gasteiger partial charge in [-0.25, -0.2) is 19.0 Å². The number of halogens is 1. The second-order valence-corrected chi connectivity index (χ2v) is 5.56. The zero-order valence-corrected chi connectivity index (χ0v) is 13.8. The number of anilines is 2. The highest BCUT2D eigenvalue weighted by Gasteiger charge is 2.15. The van der Waals surface area contributed by atoms with Crippen molar-refractivity contribution in [1.82, 2.24) is 20.3 Å². The lowest BCUT2D eigenvalue weighted by atomic mass is 10.1. The summed E-state index contributed by atoms with van der Waals surface area (Å²) in [4.78, 5) is 8.82. The summed E-state index contributed by atoms with van der Waals surface area (Å²) in [6.45, 7) is 0. The summed E-state index contributed by atoms with van der Waals surface area (Å²) in [5.41, 5.74) is 2.44. The lowest BCUT2D eigenvalue weighted by Gasteiger charge is -2.11. The van der Waals surface area contributed by atoms with Crippen LogP contribution < -0.4 is 10.1 Å². The summed E-state index contributed by atoms with van der Waals surface area (Å²) in [7, 11) is 1.61. The molecule has 8 heteroatoms. The average molecular weight is 351 g/mol. The van der Waals surface area contributed by atoms with Gasteiger partial charge in [0.1, 0.15) is 11.6 Å². The van der Waals surface area contributed by atoms with E-state index in [1.54, 1.807) is 25.3 Å². The van der Waals surface area contributed by atoms with E-state index >= 15 is 0 Å². The van der Waals surface area contributed by atoms with Crippen LogP contribution >= 0.6 is 0 Å². The Hall–Kier alpha value is -3.55. The van der Waals surface area contributed by atoms with Crippen LogP contribution in [-0.4, -0.2) is 27.4 Å². The van der Waals surface area contributed by atoms with Crippen molar-refractivity contribution in [2.45, 2.75) is 6.42 Å². The fraction of sp³-hybridized carbons (Fsp3) is 0.111. The molecule has 4 rings (SSSR count). The number of aromatic nitrogens is 4. The van der Waals surface area contributed by atoms with Gasteiger partial charge in [0.2, 0.25) is 11.3 Å². The molecule has 0 atom stereocenters. The molecule has 0 saturated carbocycles. The Morgan fingerprint density at radius 3 is 2.46 bits per heavy atom. The molecular weight excluding hydrogens is 337 g/mol. The van der Waals surface area contributed by atoms with Crippen molar-refractivity contribution < 1.29 is 13.8 Å². The van der Waals surface area contributed by atoms with Gasteiger partial charge in [-0.3, -0.25) is 0 Å². The number of para-hydroxylation sites is 1. The van der Waals surface area contributed by atoms with Crippen LogP contribution in [0.25, 0.3) is 11.3 Å². The first-order valence-corrected chi connectivity index (χ1v) is 7.86. The van der Waals surface area contributed by atoms with Crippen molar-refractivity contribution in [2.24, 2.45) is 0 Å². The Balaban J connectivity index is 1.72. The molecule has 0 radical (unpaired) electrons. The highest BCUT2D eigenvalue weighted by atomic mass is 19.1. The zero-order valence-electron chi connectivity index (χ0n) is 13.8. The van der Waals surface area contributed by atoms with Crippen LogP contribution in [0, 0.1) is 5.82 Å². The van der Waals surface area contributed by atoms with Crippen LogP contribution in [0.1, 0.15) is 11.3 Å². The summed E-state index contributed by atoms with van der Waals surface area (Å²) >= 11 is 0. The molecule has 0 amide bonds. The Morgan fingerprint density at radius 1 is 1.00 bits per heavy atom. The molecule has 0 aliphatic carbocycles. The molecule has 7 nitrogen and oxygen atoms in total. The average Bonchev–Trinajstić information content (AvgIpc) is 3.11. The Morgan fingerprint density at radius 2 is 1.73 bits per heavy atom. The number of nitrogens with zero attached hydrogens (tertiary/aromatic N) is 4. The molecule has 1 N–H and O–H groups in total. The van der Waals surface area contributed by atoms with Gasteiger partial charge in [-0.15, -0.1) is 0 Å². The summed E-state index contributed by atoms with van der Waals surface area (Å²) < 4.78 is 23.9. The quantitative estimate of drug-likeness (QED) is 0.589. The van der Waals surface area contributed by atoms with Gasteiger partial charge in [0.25, 0.3) is 0 Å². The maximum absolute atomic E-state index is 14.0. The molecule has 0 spiro atoms. The van der Waals surface area contributed by atoms with Gasteiger partial charge >= 0.3 is 0 Å². The number of hydrogen-bond donors (Lipinski definition) is 1. The Labute approximate surface area is 147 Å². The summed E-state index contributed by atoms with van der Waals surface area (Å²) in [5, 5.41) is 10.4. The maximum atomic E-state index is 14.0. The first-order chi connectivity index (χ1) is 12.7. The molecule has 130 valence electrons. The van der Waals surface area contributed by atoms with E-state index in [9.17, 15) is 4.39 Å². The minimum atomic E-state index is -0.386. The third-order valence-corrected chi connectivity index (χ3v) is 3.84. The van der Waals surface area contributed by atoms with Gasteiger partial charge in [0, 0.05) is 6.42 Å². The highest BCUT2D eigenvalue weighted by molar-refractivity contribution is 5.69. The van der Waals surface area contributed by atoms with Crippen LogP contribution in [0.2, 0.25) is 0 Å². The van der Waals surface area contributed by atoms with Gasteiger partial charge in [-0.2, -0.15) is 0 Å². The van der Waals surface area contributed by atoms with Gasteiger partial charge in [0.05, 0.1) is 18.5 Å². The molecular formula is C18H14FN5O2. The molecule has 2 heterocycles. The molecule has 0 aliphatic rings. The van der Waals surface area contributed by atoms with E-state index in [1.807, 2.05) is 24.3 Å². The molecule has 0 fully saturated rings. The third kappa shape index (κ3) is 3.16. The molecule has 2 aromatic heterocycles. The number of rotatable bonds is 5. The molecule has 2 aromatic carbocycles. The van der Waals surface area contributed by atoms with Gasteiger partial charge in [0.15, 0.2) is 5.82 Å². The fourth-order valence-corrected chi connectivity index (χ4v) is 2.52. The first kappa shape index (κ1) is 15.9. The number of ether oxygens (including phenoxy) is 1. The van der Waals surface area contributed by atoms with Crippen molar-refractivity contribution in [3.8, 4) is 5.75 Å². The van der Waals surface area contributed by atoms with Crippen LogP contribution in [-0.2, 0) is 6.42 Å². The SMILES string of the molecule is COc1ccc(Cc2nc3nonc3nc2Nc2ccccc2F)cc1. The van der Waals surface area contributed by atoms with E-state index in [1.165, 1.54) is 6.07 Å². The predicted molar refractivity (Wildman–Crippen MR) is 92.9 cm³/mol. The summed E-state index contributed by atoms with van der Waals surface area (Å²) in [6, 6.07) is 13.9. The van der Waals surface area contributed by atoms with Crippen LogP contribution in [0.15, 0.2) is 53.2 Å². The van der Waals surface area contributed by atoms with Crippen molar-refractivity contribution in [1.29, 1.82) is 0 Å². The van der Waals surface area contributed by atoms with E-state index < -0.39 is 0 Å². The number of fused-ring (bicyclic) bond motifs is 1. The maximum Gasteiger partial charge on any atom is 0.245 e. The molecule has 4 aromatic rings. The van der Waals surface area contributed by atoms with Gasteiger partial charge < -0.3 is 10.1 Å². The number of benzene rings is 2. The van der Waals surface area contributed by atoms with E-state index in [2.05, 4.69) is 30.2 Å². The van der Waals surface area contributed by atoms with Crippen LogP contribution in [0.5, 0.6) is 5.75 Å². The van der Waals surface area contributed by atoms with E-state index in [0.29, 0.717) is 29.3 Å². The minimum Gasteiger partial charge on any atom is -0.497 e. The van der Waals surface area contributed by atoms with Crippen molar-refractivity contribution >= 4 is 22.8 Å². The summed E-state index contributed by atoms with van der Waals surface area (Å²) in [6.07, 6.45) is 0.469. The van der Waals surface area contributed by atoms with Crippen LogP contribution in [0.3, 0.4) is 0 Å². The zero-order chi connectivity index (χ0) is 17.9. The molecule has 0 bridgehead atoms. The van der Waals surface area contributed by atoms with E-state index in [4.69, 9.17) is 4.74 Å². The van der Waals surface area contributed by atoms with Gasteiger partial charge in [-0.05, 0) is 40.1 Å². The normalized spacial score (nSPS) is 10.8. The number of methoxy groups -OCH3 is 1. The number of hydrogen-bond acceptors (Lipinski definition) is 7. The second-order valence-electron chi connectivity index (χ2n) is 5.56. The van der Waals surface area contributed by atoms with E-state index in [0.717, 1.165) is 11.3 Å². The standard InChI is InChI=1S/C18H14FN5O2/c1-25-12-8-6-11(7-9-12)10-15-16(20-14-5-3-2-4-13(14)19)22-18-17(21-15)23-26-24-18/h2-9H,10H2,1H3,(H,20,22,24). The highest BCUT2D eigenvalue weighted by Crippen LogP contribution is 2.24. The van der Waals surface area contributed by atoms with Crippen molar-refractivity contribution in [2.75, 3.05) is 12.4 Å². The van der Waals surface area contributed by atoms with Gasteiger partial charge in [-0.1, -0.05) is 24.3 Å². The number of nitrogens with one attached hydrogen (secondary N) is 1. The minimum absolute atomic E-state index is 0.252.